The second kappa shape index (κ2) is 5.99. The molecule has 0 aliphatic heterocycles. The molecular formula is C14H10NO3S2-. The predicted octanol–water partition coefficient (Wildman–Crippen LogP) is 2.38. The van der Waals surface area contributed by atoms with E-state index in [9.17, 15) is 15.2 Å². The fourth-order valence-electron chi connectivity index (χ4n) is 1.83. The van der Waals surface area contributed by atoms with Gasteiger partial charge in [0, 0.05) is 5.56 Å². The number of rotatable bonds is 4. The van der Waals surface area contributed by atoms with E-state index in [1.807, 2.05) is 6.26 Å². The van der Waals surface area contributed by atoms with E-state index in [4.69, 9.17) is 4.74 Å². The topological polar surface area (TPSA) is 73.2 Å². The van der Waals surface area contributed by atoms with E-state index >= 15 is 0 Å². The molecule has 0 saturated heterocycles. The van der Waals surface area contributed by atoms with Gasteiger partial charge in [0.05, 0.1) is 27.7 Å². The third kappa shape index (κ3) is 2.50. The summed E-state index contributed by atoms with van der Waals surface area (Å²) in [5.41, 5.74) is 1.47. The molecule has 102 valence electrons. The van der Waals surface area contributed by atoms with Crippen LogP contribution < -0.4 is 9.84 Å². The van der Waals surface area contributed by atoms with Crippen LogP contribution in [0.25, 0.3) is 11.1 Å². The van der Waals surface area contributed by atoms with Crippen molar-refractivity contribution in [2.45, 2.75) is 4.21 Å². The Kier molecular flexibility index (Phi) is 4.32. The van der Waals surface area contributed by atoms with Crippen LogP contribution in [0.1, 0.15) is 15.2 Å². The number of carbonyl (C=O) groups excluding carboxylic acids is 1. The van der Waals surface area contributed by atoms with E-state index in [2.05, 4.69) is 6.07 Å². The molecule has 2 aromatic rings. The number of ether oxygens (including phenoxy) is 1. The zero-order chi connectivity index (χ0) is 14.7. The number of aromatic carboxylic acids is 1. The number of thioether (sulfide) groups is 1. The quantitative estimate of drug-likeness (QED) is 0.811. The lowest BCUT2D eigenvalue weighted by molar-refractivity contribution is -0.254. The summed E-state index contributed by atoms with van der Waals surface area (Å²) in [5, 5.41) is 20.6. The Hall–Kier alpha value is -1.97. The standard InChI is InChI=1S/C14H11NO3S2/c1-18-9-5-3-8(4-6-9)11-10(7-15)14(19-2)20-12(11)13(16)17/h3-6H,1-2H3,(H,16,17)/p-1. The lowest BCUT2D eigenvalue weighted by Crippen LogP contribution is -2.21. The first-order valence-corrected chi connectivity index (χ1v) is 7.63. The summed E-state index contributed by atoms with van der Waals surface area (Å²) >= 11 is 2.43. The summed E-state index contributed by atoms with van der Waals surface area (Å²) in [5.74, 6) is -0.597. The Bertz CT molecular complexity index is 684. The number of thiophene rings is 1. The van der Waals surface area contributed by atoms with E-state index in [1.165, 1.54) is 11.8 Å². The minimum atomic E-state index is -1.27. The van der Waals surface area contributed by atoms with Gasteiger partial charge in [0.1, 0.15) is 11.8 Å². The zero-order valence-electron chi connectivity index (χ0n) is 10.8. The third-order valence-electron chi connectivity index (χ3n) is 2.74. The summed E-state index contributed by atoms with van der Waals surface area (Å²) in [6.07, 6.45) is 1.81. The highest BCUT2D eigenvalue weighted by atomic mass is 32.2. The highest BCUT2D eigenvalue weighted by Crippen LogP contribution is 2.40. The van der Waals surface area contributed by atoms with Crippen molar-refractivity contribution in [1.29, 1.82) is 5.26 Å². The maximum atomic E-state index is 11.3. The Morgan fingerprint density at radius 1 is 1.40 bits per heavy atom. The molecule has 0 aliphatic carbocycles. The molecule has 1 aromatic carbocycles. The molecule has 0 bridgehead atoms. The molecule has 0 atom stereocenters. The van der Waals surface area contributed by atoms with Gasteiger partial charge in [-0.2, -0.15) is 5.26 Å². The van der Waals surface area contributed by atoms with Gasteiger partial charge in [-0.3, -0.25) is 0 Å². The molecule has 2 rings (SSSR count). The second-order valence-electron chi connectivity index (χ2n) is 3.80. The summed E-state index contributed by atoms with van der Waals surface area (Å²) in [6, 6.07) is 9.01. The van der Waals surface area contributed by atoms with Crippen molar-refractivity contribution in [2.75, 3.05) is 13.4 Å². The van der Waals surface area contributed by atoms with Crippen LogP contribution in [0.15, 0.2) is 28.5 Å². The molecule has 0 amide bonds. The highest BCUT2D eigenvalue weighted by molar-refractivity contribution is 8.00. The Labute approximate surface area is 124 Å². The van der Waals surface area contributed by atoms with Crippen molar-refractivity contribution < 1.29 is 14.6 Å². The van der Waals surface area contributed by atoms with Crippen LogP contribution in [0.5, 0.6) is 5.75 Å². The van der Waals surface area contributed by atoms with Gasteiger partial charge in [0.2, 0.25) is 0 Å². The molecule has 0 fully saturated rings. The van der Waals surface area contributed by atoms with Crippen LogP contribution >= 0.6 is 23.1 Å². The average molecular weight is 304 g/mol. The largest absolute Gasteiger partial charge is 0.544 e. The molecule has 4 nitrogen and oxygen atoms in total. The van der Waals surface area contributed by atoms with Gasteiger partial charge < -0.3 is 14.6 Å². The van der Waals surface area contributed by atoms with Gasteiger partial charge in [-0.25, -0.2) is 0 Å². The lowest BCUT2D eigenvalue weighted by atomic mass is 10.0. The Morgan fingerprint density at radius 2 is 2.05 bits per heavy atom. The Morgan fingerprint density at radius 3 is 2.50 bits per heavy atom. The SMILES string of the molecule is COc1ccc(-c2c(C(=O)[O-])sc(SC)c2C#N)cc1. The summed E-state index contributed by atoms with van der Waals surface area (Å²) < 4.78 is 5.75. The number of nitrogens with zero attached hydrogens (tertiary/aromatic N) is 1. The molecule has 20 heavy (non-hydrogen) atoms. The van der Waals surface area contributed by atoms with Gasteiger partial charge in [0.15, 0.2) is 0 Å². The van der Waals surface area contributed by atoms with Gasteiger partial charge in [-0.1, -0.05) is 12.1 Å². The molecule has 6 heteroatoms. The van der Waals surface area contributed by atoms with Crippen LogP contribution in [-0.4, -0.2) is 19.3 Å². The molecular weight excluding hydrogens is 294 g/mol. The normalized spacial score (nSPS) is 10.1. The number of hydrogen-bond donors (Lipinski definition) is 0. The van der Waals surface area contributed by atoms with Crippen molar-refractivity contribution in [3.8, 4) is 22.9 Å². The maximum absolute atomic E-state index is 11.3. The molecule has 0 N–H and O–H groups in total. The van der Waals surface area contributed by atoms with E-state index < -0.39 is 5.97 Å². The van der Waals surface area contributed by atoms with E-state index in [-0.39, 0.29) is 4.88 Å². The molecule has 0 radical (unpaired) electrons. The molecule has 1 heterocycles. The third-order valence-corrected chi connectivity index (χ3v) is 5.03. The van der Waals surface area contributed by atoms with Gasteiger partial charge in [-0.05, 0) is 24.0 Å². The fourth-order valence-corrected chi connectivity index (χ4v) is 3.61. The number of hydrogen-bond acceptors (Lipinski definition) is 6. The fraction of sp³-hybridized carbons (Fsp3) is 0.143. The van der Waals surface area contributed by atoms with Crippen molar-refractivity contribution in [3.63, 3.8) is 0 Å². The molecule has 0 aliphatic rings. The highest BCUT2D eigenvalue weighted by Gasteiger charge is 2.19. The van der Waals surface area contributed by atoms with Gasteiger partial charge >= 0.3 is 0 Å². The number of methoxy groups -OCH3 is 1. The first-order chi connectivity index (χ1) is 9.62. The molecule has 1 aromatic heterocycles. The average Bonchev–Trinajstić information content (AvgIpc) is 2.86. The summed E-state index contributed by atoms with van der Waals surface area (Å²) in [6.45, 7) is 0. The first kappa shape index (κ1) is 14.4. The predicted molar refractivity (Wildman–Crippen MR) is 77.1 cm³/mol. The number of nitriles is 1. The van der Waals surface area contributed by atoms with Gasteiger partial charge in [0.25, 0.3) is 0 Å². The smallest absolute Gasteiger partial charge is 0.118 e. The summed E-state index contributed by atoms with van der Waals surface area (Å²) in [4.78, 5) is 11.4. The second-order valence-corrected chi connectivity index (χ2v) is 5.90. The number of benzene rings is 1. The van der Waals surface area contributed by atoms with Crippen LogP contribution in [0.4, 0.5) is 0 Å². The number of carboxylic acids is 1. The van der Waals surface area contributed by atoms with E-state index in [1.54, 1.807) is 31.4 Å². The number of carboxylic acid groups (broad SMARTS) is 1. The zero-order valence-corrected chi connectivity index (χ0v) is 12.4. The van der Waals surface area contributed by atoms with Crippen LogP contribution in [0.3, 0.4) is 0 Å². The Balaban J connectivity index is 2.67. The monoisotopic (exact) mass is 304 g/mol. The number of carbonyl (C=O) groups is 1. The van der Waals surface area contributed by atoms with E-state index in [0.29, 0.717) is 26.6 Å². The van der Waals surface area contributed by atoms with Crippen LogP contribution in [0.2, 0.25) is 0 Å². The lowest BCUT2D eigenvalue weighted by Gasteiger charge is -2.06. The van der Waals surface area contributed by atoms with Crippen molar-refractivity contribution in [3.05, 3.63) is 34.7 Å². The van der Waals surface area contributed by atoms with Crippen molar-refractivity contribution in [1.82, 2.24) is 0 Å². The van der Waals surface area contributed by atoms with Crippen molar-refractivity contribution >= 4 is 29.1 Å². The van der Waals surface area contributed by atoms with E-state index in [0.717, 1.165) is 11.3 Å². The summed E-state index contributed by atoms with van der Waals surface area (Å²) in [7, 11) is 1.55. The van der Waals surface area contributed by atoms with Crippen LogP contribution in [-0.2, 0) is 0 Å². The van der Waals surface area contributed by atoms with Crippen molar-refractivity contribution in [2.24, 2.45) is 0 Å². The molecule has 0 unspecified atom stereocenters. The maximum Gasteiger partial charge on any atom is 0.118 e. The molecule has 0 saturated carbocycles. The first-order valence-electron chi connectivity index (χ1n) is 5.59. The molecule has 0 spiro atoms. The van der Waals surface area contributed by atoms with Crippen LogP contribution in [0, 0.1) is 11.3 Å². The van der Waals surface area contributed by atoms with Gasteiger partial charge in [-0.15, -0.1) is 23.1 Å². The minimum absolute atomic E-state index is 0.0797. The minimum Gasteiger partial charge on any atom is -0.544 e.